The van der Waals surface area contributed by atoms with Crippen molar-refractivity contribution in [3.63, 3.8) is 0 Å². The van der Waals surface area contributed by atoms with Crippen molar-refractivity contribution < 1.29 is 0 Å². The lowest BCUT2D eigenvalue weighted by molar-refractivity contribution is 1.16. The molecule has 0 radical (unpaired) electrons. The van der Waals surface area contributed by atoms with Crippen molar-refractivity contribution in [1.29, 1.82) is 0 Å². The lowest BCUT2D eigenvalue weighted by atomic mass is 10.1. The Labute approximate surface area is 122 Å². The van der Waals surface area contributed by atoms with Crippen LogP contribution in [-0.2, 0) is 6.54 Å². The summed E-state index contributed by atoms with van der Waals surface area (Å²) in [7, 11) is 0. The Morgan fingerprint density at radius 1 is 0.950 bits per heavy atom. The van der Waals surface area contributed by atoms with Gasteiger partial charge in [-0.15, -0.1) is 0 Å². The number of nitrogens with zero attached hydrogens (tertiary/aromatic N) is 1. The van der Waals surface area contributed by atoms with Gasteiger partial charge in [0.05, 0.1) is 5.56 Å². The predicted octanol–water partition coefficient (Wildman–Crippen LogP) is 4.00. The number of hydrogen-bond donors (Lipinski definition) is 2. The quantitative estimate of drug-likeness (QED) is 0.760. The van der Waals surface area contributed by atoms with Crippen molar-refractivity contribution >= 4 is 22.4 Å². The molecule has 1 aromatic heterocycles. The Bertz CT molecular complexity index is 677. The zero-order valence-electron chi connectivity index (χ0n) is 10.9. The first-order chi connectivity index (χ1) is 9.84. The largest absolute Gasteiger partial charge is 0.382 e. The summed E-state index contributed by atoms with van der Waals surface area (Å²) >= 11 is 1.40. The first-order valence-corrected chi connectivity index (χ1v) is 7.20. The van der Waals surface area contributed by atoms with Crippen LogP contribution in [-0.4, -0.2) is 4.37 Å². The predicted molar refractivity (Wildman–Crippen MR) is 85.7 cm³/mol. The van der Waals surface area contributed by atoms with E-state index in [2.05, 4.69) is 21.8 Å². The number of aromatic nitrogens is 1. The van der Waals surface area contributed by atoms with Crippen molar-refractivity contribution in [2.24, 2.45) is 0 Å². The van der Waals surface area contributed by atoms with Crippen LogP contribution in [0.5, 0.6) is 0 Å². The molecule has 2 aromatic carbocycles. The van der Waals surface area contributed by atoms with Crippen molar-refractivity contribution in [3.05, 3.63) is 66.2 Å². The van der Waals surface area contributed by atoms with Gasteiger partial charge in [-0.3, -0.25) is 0 Å². The molecule has 0 amide bonds. The molecule has 0 bridgehead atoms. The van der Waals surface area contributed by atoms with Gasteiger partial charge in [-0.2, -0.15) is 4.37 Å². The first-order valence-electron chi connectivity index (χ1n) is 6.43. The topological polar surface area (TPSA) is 50.9 Å². The molecule has 100 valence electrons. The third-order valence-corrected chi connectivity index (χ3v) is 3.90. The van der Waals surface area contributed by atoms with Crippen LogP contribution in [0.3, 0.4) is 0 Å². The summed E-state index contributed by atoms with van der Waals surface area (Å²) in [5.74, 6) is 0.580. The number of benzene rings is 2. The number of anilines is 2. The second-order valence-corrected chi connectivity index (χ2v) is 5.25. The van der Waals surface area contributed by atoms with Gasteiger partial charge in [-0.25, -0.2) is 0 Å². The highest BCUT2D eigenvalue weighted by molar-refractivity contribution is 7.11. The summed E-state index contributed by atoms with van der Waals surface area (Å²) in [6, 6.07) is 20.4. The van der Waals surface area contributed by atoms with E-state index >= 15 is 0 Å². The number of nitrogens with one attached hydrogen (secondary N) is 1. The van der Waals surface area contributed by atoms with Gasteiger partial charge in [0, 0.05) is 6.54 Å². The molecule has 3 N–H and O–H groups in total. The van der Waals surface area contributed by atoms with E-state index < -0.39 is 0 Å². The van der Waals surface area contributed by atoms with Gasteiger partial charge < -0.3 is 11.1 Å². The second kappa shape index (κ2) is 5.75. The Balaban J connectivity index is 1.85. The molecular weight excluding hydrogens is 266 g/mol. The molecule has 0 saturated carbocycles. The average Bonchev–Trinajstić information content (AvgIpc) is 2.88. The van der Waals surface area contributed by atoms with Crippen LogP contribution in [0, 0.1) is 0 Å². The molecule has 4 heteroatoms. The minimum atomic E-state index is 0.580. The highest BCUT2D eigenvalue weighted by atomic mass is 32.1. The lowest BCUT2D eigenvalue weighted by Gasteiger charge is -2.07. The zero-order valence-corrected chi connectivity index (χ0v) is 11.7. The van der Waals surface area contributed by atoms with E-state index in [0.717, 1.165) is 22.7 Å². The van der Waals surface area contributed by atoms with E-state index in [-0.39, 0.29) is 0 Å². The van der Waals surface area contributed by atoms with Gasteiger partial charge in [0.1, 0.15) is 10.8 Å². The molecule has 3 aromatic rings. The fourth-order valence-electron chi connectivity index (χ4n) is 2.09. The van der Waals surface area contributed by atoms with Crippen LogP contribution >= 0.6 is 11.5 Å². The molecule has 1 heterocycles. The van der Waals surface area contributed by atoms with Gasteiger partial charge in [0.15, 0.2) is 0 Å². The lowest BCUT2D eigenvalue weighted by Crippen LogP contribution is -1.99. The molecule has 0 aliphatic heterocycles. The Morgan fingerprint density at radius 2 is 1.60 bits per heavy atom. The summed E-state index contributed by atoms with van der Waals surface area (Å²) in [6.45, 7) is 0.766. The van der Waals surface area contributed by atoms with Gasteiger partial charge in [-0.1, -0.05) is 60.7 Å². The van der Waals surface area contributed by atoms with E-state index in [4.69, 9.17) is 5.73 Å². The summed E-state index contributed by atoms with van der Waals surface area (Å²) in [5, 5.41) is 4.44. The number of nitrogens with two attached hydrogens (primary N) is 1. The summed E-state index contributed by atoms with van der Waals surface area (Å²) in [5.41, 5.74) is 9.32. The van der Waals surface area contributed by atoms with E-state index in [1.165, 1.54) is 17.1 Å². The van der Waals surface area contributed by atoms with E-state index in [1.54, 1.807) is 0 Å². The maximum Gasteiger partial charge on any atom is 0.147 e. The van der Waals surface area contributed by atoms with E-state index in [1.807, 2.05) is 48.5 Å². The third-order valence-electron chi connectivity index (χ3n) is 3.08. The SMILES string of the molecule is Nc1nsc(NCc2ccccc2)c1-c1ccccc1. The van der Waals surface area contributed by atoms with Crippen LogP contribution in [0.4, 0.5) is 10.8 Å². The van der Waals surface area contributed by atoms with Crippen molar-refractivity contribution in [2.45, 2.75) is 6.54 Å². The molecule has 20 heavy (non-hydrogen) atoms. The van der Waals surface area contributed by atoms with Crippen LogP contribution in [0.2, 0.25) is 0 Å². The third kappa shape index (κ3) is 2.65. The van der Waals surface area contributed by atoms with Crippen LogP contribution in [0.25, 0.3) is 11.1 Å². The van der Waals surface area contributed by atoms with E-state index in [9.17, 15) is 0 Å². The average molecular weight is 281 g/mol. The molecule has 0 aliphatic carbocycles. The number of hydrogen-bond acceptors (Lipinski definition) is 4. The molecule has 3 rings (SSSR count). The summed E-state index contributed by atoms with van der Waals surface area (Å²) in [4.78, 5) is 0. The second-order valence-electron chi connectivity index (χ2n) is 4.48. The van der Waals surface area contributed by atoms with E-state index in [0.29, 0.717) is 5.82 Å². The normalized spacial score (nSPS) is 10.4. The van der Waals surface area contributed by atoms with Crippen molar-refractivity contribution in [2.75, 3.05) is 11.1 Å². The molecule has 0 unspecified atom stereocenters. The Morgan fingerprint density at radius 3 is 2.30 bits per heavy atom. The Hall–Kier alpha value is -2.33. The van der Waals surface area contributed by atoms with Crippen molar-refractivity contribution in [3.8, 4) is 11.1 Å². The number of nitrogen functional groups attached to an aromatic ring is 1. The smallest absolute Gasteiger partial charge is 0.147 e. The van der Waals surface area contributed by atoms with Gasteiger partial charge in [0.2, 0.25) is 0 Å². The monoisotopic (exact) mass is 281 g/mol. The molecule has 0 atom stereocenters. The Kier molecular flexibility index (Phi) is 3.65. The molecular formula is C16H15N3S. The number of rotatable bonds is 4. The zero-order chi connectivity index (χ0) is 13.8. The van der Waals surface area contributed by atoms with Gasteiger partial charge >= 0.3 is 0 Å². The first kappa shape index (κ1) is 12.7. The highest BCUT2D eigenvalue weighted by Gasteiger charge is 2.12. The fourth-order valence-corrected chi connectivity index (χ4v) is 2.82. The van der Waals surface area contributed by atoms with Crippen LogP contribution in [0.1, 0.15) is 5.56 Å². The van der Waals surface area contributed by atoms with Crippen LogP contribution in [0.15, 0.2) is 60.7 Å². The standard InChI is InChI=1S/C16H15N3S/c17-15-14(13-9-5-2-6-10-13)16(20-19-15)18-11-12-7-3-1-4-8-12/h1-10,18H,11H2,(H2,17,19). The summed E-state index contributed by atoms with van der Waals surface area (Å²) < 4.78 is 4.26. The minimum absolute atomic E-state index is 0.580. The fraction of sp³-hybridized carbons (Fsp3) is 0.0625. The highest BCUT2D eigenvalue weighted by Crippen LogP contribution is 2.36. The molecule has 0 aliphatic rings. The summed E-state index contributed by atoms with van der Waals surface area (Å²) in [6.07, 6.45) is 0. The maximum absolute atomic E-state index is 6.00. The minimum Gasteiger partial charge on any atom is -0.382 e. The van der Waals surface area contributed by atoms with Gasteiger partial charge in [0.25, 0.3) is 0 Å². The molecule has 0 saturated heterocycles. The molecule has 0 fully saturated rings. The van der Waals surface area contributed by atoms with Crippen molar-refractivity contribution in [1.82, 2.24) is 4.37 Å². The van der Waals surface area contributed by atoms with Crippen LogP contribution < -0.4 is 11.1 Å². The molecule has 0 spiro atoms. The molecule has 3 nitrogen and oxygen atoms in total. The maximum atomic E-state index is 6.00. The van der Waals surface area contributed by atoms with Gasteiger partial charge in [-0.05, 0) is 22.7 Å².